The standard InChI is InChI=1S/C24H17N3/c1-3-10-18(11-4-1)23-25-21-16-15-17-9-7-8-14-20(17)22(21)26-24(27-23)19-12-5-2-6-13-19/h1-16H,(H,25,26,27). The van der Waals surface area contributed by atoms with Gasteiger partial charge in [0.25, 0.3) is 0 Å². The van der Waals surface area contributed by atoms with E-state index in [9.17, 15) is 0 Å². The number of anilines is 1. The lowest BCUT2D eigenvalue weighted by atomic mass is 10.1. The number of hydrogen-bond acceptors (Lipinski definition) is 3. The molecule has 0 amide bonds. The van der Waals surface area contributed by atoms with Crippen molar-refractivity contribution in [2.45, 2.75) is 0 Å². The fraction of sp³-hybridized carbons (Fsp3) is 0. The molecule has 4 aromatic rings. The van der Waals surface area contributed by atoms with Crippen LogP contribution >= 0.6 is 0 Å². The number of benzene rings is 4. The zero-order valence-electron chi connectivity index (χ0n) is 14.6. The van der Waals surface area contributed by atoms with Crippen molar-refractivity contribution in [3.05, 3.63) is 108 Å². The molecule has 0 aromatic heterocycles. The first-order valence-corrected chi connectivity index (χ1v) is 8.95. The van der Waals surface area contributed by atoms with E-state index in [0.29, 0.717) is 5.84 Å². The third-order valence-electron chi connectivity index (χ3n) is 4.67. The highest BCUT2D eigenvalue weighted by Gasteiger charge is 2.17. The van der Waals surface area contributed by atoms with E-state index in [1.54, 1.807) is 0 Å². The molecular formula is C24H17N3. The number of hydrogen-bond donors (Lipinski definition) is 1. The van der Waals surface area contributed by atoms with Crippen LogP contribution in [0.3, 0.4) is 0 Å². The van der Waals surface area contributed by atoms with Crippen molar-refractivity contribution < 1.29 is 0 Å². The second kappa shape index (κ2) is 6.54. The molecule has 0 aliphatic carbocycles. The van der Waals surface area contributed by atoms with Crippen molar-refractivity contribution in [1.29, 1.82) is 0 Å². The summed E-state index contributed by atoms with van der Waals surface area (Å²) in [6, 6.07) is 32.8. The summed E-state index contributed by atoms with van der Waals surface area (Å²) in [5, 5.41) is 5.78. The number of fused-ring (bicyclic) bond motifs is 3. The van der Waals surface area contributed by atoms with Gasteiger partial charge in [0.2, 0.25) is 0 Å². The van der Waals surface area contributed by atoms with Crippen molar-refractivity contribution in [2.24, 2.45) is 9.98 Å². The molecule has 0 fully saturated rings. The molecule has 3 heteroatoms. The minimum atomic E-state index is 0.706. The van der Waals surface area contributed by atoms with Gasteiger partial charge in [0.15, 0.2) is 5.84 Å². The van der Waals surface area contributed by atoms with Crippen molar-refractivity contribution in [1.82, 2.24) is 0 Å². The molecule has 1 aliphatic rings. The summed E-state index contributed by atoms with van der Waals surface area (Å²) in [6.45, 7) is 0. The average Bonchev–Trinajstić information content (AvgIpc) is 2.95. The predicted molar refractivity (Wildman–Crippen MR) is 113 cm³/mol. The van der Waals surface area contributed by atoms with E-state index in [0.717, 1.165) is 39.1 Å². The van der Waals surface area contributed by atoms with Crippen molar-refractivity contribution in [3.63, 3.8) is 0 Å². The predicted octanol–water partition coefficient (Wildman–Crippen LogP) is 5.79. The van der Waals surface area contributed by atoms with Crippen LogP contribution in [0.1, 0.15) is 11.1 Å². The molecule has 1 heterocycles. The van der Waals surface area contributed by atoms with Gasteiger partial charge in [-0.15, -0.1) is 0 Å². The van der Waals surface area contributed by atoms with Gasteiger partial charge in [0.1, 0.15) is 5.84 Å². The Morgan fingerprint density at radius 2 is 1.22 bits per heavy atom. The molecule has 0 saturated carbocycles. The Kier molecular flexibility index (Phi) is 3.76. The van der Waals surface area contributed by atoms with Gasteiger partial charge in [-0.3, -0.25) is 0 Å². The van der Waals surface area contributed by atoms with E-state index >= 15 is 0 Å². The lowest BCUT2D eigenvalue weighted by molar-refractivity contribution is 1.48. The van der Waals surface area contributed by atoms with E-state index in [2.05, 4.69) is 41.7 Å². The first-order chi connectivity index (χ1) is 13.4. The van der Waals surface area contributed by atoms with Gasteiger partial charge in [-0.25, -0.2) is 9.98 Å². The SMILES string of the molecule is c1ccc(C2=Nc3c(ccc4ccccc34)NC(c3ccccc3)=N2)cc1. The quantitative estimate of drug-likeness (QED) is 0.489. The summed E-state index contributed by atoms with van der Waals surface area (Å²) in [4.78, 5) is 9.87. The fourth-order valence-corrected chi connectivity index (χ4v) is 3.32. The van der Waals surface area contributed by atoms with Crippen LogP contribution in [-0.4, -0.2) is 11.7 Å². The first-order valence-electron chi connectivity index (χ1n) is 8.95. The van der Waals surface area contributed by atoms with Crippen LogP contribution in [0, 0.1) is 0 Å². The van der Waals surface area contributed by atoms with E-state index in [1.165, 1.54) is 0 Å². The number of nitrogens with one attached hydrogen (secondary N) is 1. The molecule has 27 heavy (non-hydrogen) atoms. The van der Waals surface area contributed by atoms with E-state index < -0.39 is 0 Å². The summed E-state index contributed by atoms with van der Waals surface area (Å²) in [5.41, 5.74) is 3.90. The van der Waals surface area contributed by atoms with Gasteiger partial charge < -0.3 is 5.32 Å². The fourth-order valence-electron chi connectivity index (χ4n) is 3.32. The van der Waals surface area contributed by atoms with Gasteiger partial charge >= 0.3 is 0 Å². The van der Waals surface area contributed by atoms with Crippen LogP contribution < -0.4 is 5.32 Å². The minimum Gasteiger partial charge on any atom is -0.338 e. The van der Waals surface area contributed by atoms with Gasteiger partial charge in [0, 0.05) is 16.5 Å². The molecule has 128 valence electrons. The average molecular weight is 347 g/mol. The highest BCUT2D eigenvalue weighted by molar-refractivity contribution is 6.21. The maximum Gasteiger partial charge on any atom is 0.162 e. The largest absolute Gasteiger partial charge is 0.338 e. The normalized spacial score (nSPS) is 13.2. The van der Waals surface area contributed by atoms with Crippen molar-refractivity contribution in [3.8, 4) is 0 Å². The molecular weight excluding hydrogens is 330 g/mol. The summed E-state index contributed by atoms with van der Waals surface area (Å²) in [7, 11) is 0. The molecule has 0 unspecified atom stereocenters. The molecule has 0 saturated heterocycles. The number of aliphatic imine (C=N–C) groups is 2. The third kappa shape index (κ3) is 2.89. The second-order valence-corrected chi connectivity index (χ2v) is 6.44. The monoisotopic (exact) mass is 347 g/mol. The third-order valence-corrected chi connectivity index (χ3v) is 4.67. The lowest BCUT2D eigenvalue weighted by Gasteiger charge is -2.11. The molecule has 0 atom stereocenters. The Morgan fingerprint density at radius 1 is 0.556 bits per heavy atom. The van der Waals surface area contributed by atoms with E-state index in [-0.39, 0.29) is 0 Å². The maximum atomic E-state index is 4.98. The molecule has 5 rings (SSSR count). The highest BCUT2D eigenvalue weighted by Crippen LogP contribution is 2.36. The molecule has 4 aromatic carbocycles. The molecule has 1 N–H and O–H groups in total. The number of nitrogens with zero attached hydrogens (tertiary/aromatic N) is 2. The van der Waals surface area contributed by atoms with Gasteiger partial charge in [-0.1, -0.05) is 91.0 Å². The summed E-state index contributed by atoms with van der Waals surface area (Å²) < 4.78 is 0. The maximum absolute atomic E-state index is 4.98. The second-order valence-electron chi connectivity index (χ2n) is 6.44. The molecule has 1 aliphatic heterocycles. The van der Waals surface area contributed by atoms with Crippen LogP contribution in [0.5, 0.6) is 0 Å². The van der Waals surface area contributed by atoms with Crippen LogP contribution in [-0.2, 0) is 0 Å². The molecule has 3 nitrogen and oxygen atoms in total. The van der Waals surface area contributed by atoms with Gasteiger partial charge in [0.05, 0.1) is 11.4 Å². The molecule has 0 bridgehead atoms. The van der Waals surface area contributed by atoms with E-state index in [1.807, 2.05) is 60.7 Å². The zero-order valence-corrected chi connectivity index (χ0v) is 14.6. The number of rotatable bonds is 2. The molecule has 0 spiro atoms. The van der Waals surface area contributed by atoms with Crippen molar-refractivity contribution in [2.75, 3.05) is 5.32 Å². The first kappa shape index (κ1) is 15.5. The Balaban J connectivity index is 1.77. The summed E-state index contributed by atoms with van der Waals surface area (Å²) in [6.07, 6.45) is 0. The van der Waals surface area contributed by atoms with Crippen LogP contribution in [0.4, 0.5) is 11.4 Å². The lowest BCUT2D eigenvalue weighted by Crippen LogP contribution is -2.14. The van der Waals surface area contributed by atoms with Crippen LogP contribution in [0.25, 0.3) is 10.8 Å². The zero-order chi connectivity index (χ0) is 18.1. The summed E-state index contributed by atoms with van der Waals surface area (Å²) >= 11 is 0. The Bertz CT molecular complexity index is 1180. The topological polar surface area (TPSA) is 36.8 Å². The molecule has 0 radical (unpaired) electrons. The summed E-state index contributed by atoms with van der Waals surface area (Å²) in [5.74, 6) is 1.50. The Labute approximate surface area is 157 Å². The minimum absolute atomic E-state index is 0.706. The van der Waals surface area contributed by atoms with Gasteiger partial charge in [-0.2, -0.15) is 0 Å². The number of amidine groups is 2. The van der Waals surface area contributed by atoms with Gasteiger partial charge in [-0.05, 0) is 11.5 Å². The van der Waals surface area contributed by atoms with E-state index in [4.69, 9.17) is 9.98 Å². The van der Waals surface area contributed by atoms with Crippen molar-refractivity contribution >= 4 is 33.8 Å². The van der Waals surface area contributed by atoms with Crippen LogP contribution in [0.15, 0.2) is 107 Å². The smallest absolute Gasteiger partial charge is 0.162 e. The Hall–Kier alpha value is -3.72. The van der Waals surface area contributed by atoms with Crippen LogP contribution in [0.2, 0.25) is 0 Å². The Morgan fingerprint density at radius 3 is 2.00 bits per heavy atom. The highest BCUT2D eigenvalue weighted by atomic mass is 15.1.